The van der Waals surface area contributed by atoms with E-state index in [2.05, 4.69) is 4.90 Å². The molecule has 0 aliphatic carbocycles. The SMILES string of the molecule is Cc1ccsc1CN(Cc1ccccc1)C(=O)CN(CCN1CCCC1)S(=O)(=O)c1cccc(C(F)(F)F)c1. The van der Waals surface area contributed by atoms with E-state index in [-0.39, 0.29) is 13.1 Å². The first kappa shape index (κ1) is 29.3. The third kappa shape index (κ3) is 7.69. The highest BCUT2D eigenvalue weighted by Crippen LogP contribution is 2.31. The lowest BCUT2D eigenvalue weighted by Gasteiger charge is -2.29. The van der Waals surface area contributed by atoms with Crippen LogP contribution in [0.5, 0.6) is 0 Å². The number of likely N-dealkylation sites (tertiary alicyclic amines) is 1. The van der Waals surface area contributed by atoms with Crippen LogP contribution in [0.4, 0.5) is 13.2 Å². The molecule has 4 rings (SSSR count). The van der Waals surface area contributed by atoms with E-state index in [0.717, 1.165) is 64.4 Å². The quantitative estimate of drug-likeness (QED) is 0.306. The van der Waals surface area contributed by atoms with Crippen LogP contribution in [0.25, 0.3) is 0 Å². The molecule has 3 aromatic rings. The zero-order valence-electron chi connectivity index (χ0n) is 21.7. The summed E-state index contributed by atoms with van der Waals surface area (Å²) in [7, 11) is -4.39. The lowest BCUT2D eigenvalue weighted by Crippen LogP contribution is -2.45. The normalized spacial score (nSPS) is 14.7. The van der Waals surface area contributed by atoms with Gasteiger partial charge in [0.15, 0.2) is 0 Å². The van der Waals surface area contributed by atoms with Crippen molar-refractivity contribution in [1.82, 2.24) is 14.1 Å². The lowest BCUT2D eigenvalue weighted by molar-refractivity contribution is -0.137. The number of carbonyl (C=O) groups excluding carboxylic acids is 1. The van der Waals surface area contributed by atoms with E-state index >= 15 is 0 Å². The maximum Gasteiger partial charge on any atom is 0.416 e. The maximum absolute atomic E-state index is 13.7. The molecule has 11 heteroatoms. The van der Waals surface area contributed by atoms with Gasteiger partial charge in [0.2, 0.25) is 15.9 Å². The van der Waals surface area contributed by atoms with E-state index in [1.807, 2.05) is 48.7 Å². The molecule has 1 saturated heterocycles. The van der Waals surface area contributed by atoms with Crippen LogP contribution in [-0.4, -0.2) is 61.2 Å². The Morgan fingerprint density at radius 2 is 1.72 bits per heavy atom. The fourth-order valence-electron chi connectivity index (χ4n) is 4.55. The van der Waals surface area contributed by atoms with Crippen LogP contribution in [0.1, 0.15) is 34.4 Å². The summed E-state index contributed by atoms with van der Waals surface area (Å²) in [4.78, 5) is 18.0. The molecule has 0 saturated carbocycles. The minimum Gasteiger partial charge on any atom is -0.332 e. The third-order valence-corrected chi connectivity index (χ3v) is 9.70. The second-order valence-corrected chi connectivity index (χ2v) is 12.6. The van der Waals surface area contributed by atoms with Crippen molar-refractivity contribution in [3.63, 3.8) is 0 Å². The van der Waals surface area contributed by atoms with E-state index < -0.39 is 39.1 Å². The molecule has 2 heterocycles. The Balaban J connectivity index is 1.62. The lowest BCUT2D eigenvalue weighted by atomic mass is 10.2. The largest absolute Gasteiger partial charge is 0.416 e. The Hall–Kier alpha value is -2.73. The molecule has 0 bridgehead atoms. The molecular formula is C28H32F3N3O3S2. The number of hydrogen-bond donors (Lipinski definition) is 0. The zero-order chi connectivity index (χ0) is 28.0. The highest BCUT2D eigenvalue weighted by molar-refractivity contribution is 7.89. The number of benzene rings is 2. The summed E-state index contributed by atoms with van der Waals surface area (Å²) < 4.78 is 68.5. The Morgan fingerprint density at radius 1 is 1.00 bits per heavy atom. The molecular weight excluding hydrogens is 547 g/mol. The molecule has 2 aromatic carbocycles. The van der Waals surface area contributed by atoms with Gasteiger partial charge in [-0.25, -0.2) is 8.42 Å². The molecule has 210 valence electrons. The van der Waals surface area contributed by atoms with Crippen LogP contribution in [0.2, 0.25) is 0 Å². The number of rotatable bonds is 11. The number of carbonyl (C=O) groups is 1. The smallest absolute Gasteiger partial charge is 0.332 e. The predicted molar refractivity (Wildman–Crippen MR) is 146 cm³/mol. The van der Waals surface area contributed by atoms with Crippen molar-refractivity contribution >= 4 is 27.3 Å². The minimum absolute atomic E-state index is 0.00151. The minimum atomic E-state index is -4.69. The van der Waals surface area contributed by atoms with Crippen molar-refractivity contribution in [2.24, 2.45) is 0 Å². The van der Waals surface area contributed by atoms with Gasteiger partial charge in [-0.1, -0.05) is 36.4 Å². The van der Waals surface area contributed by atoms with Crippen molar-refractivity contribution in [3.05, 3.63) is 87.6 Å². The van der Waals surface area contributed by atoms with Crippen LogP contribution >= 0.6 is 11.3 Å². The number of aryl methyl sites for hydroxylation is 1. The summed E-state index contributed by atoms with van der Waals surface area (Å²) in [5, 5.41) is 1.94. The molecule has 0 spiro atoms. The van der Waals surface area contributed by atoms with Crippen molar-refractivity contribution in [2.45, 2.75) is 43.9 Å². The molecule has 0 atom stereocenters. The standard InChI is InChI=1S/C28H32F3N3O3S2/c1-22-12-17-38-26(22)20-33(19-23-8-3-2-4-9-23)27(35)21-34(16-15-32-13-5-6-14-32)39(36,37)25-11-7-10-24(18-25)28(29,30)31/h2-4,7-12,17-18H,5-6,13-16,19-21H2,1H3. The monoisotopic (exact) mass is 579 g/mol. The van der Waals surface area contributed by atoms with E-state index in [4.69, 9.17) is 0 Å². The topological polar surface area (TPSA) is 60.9 Å². The van der Waals surface area contributed by atoms with E-state index in [1.165, 1.54) is 11.3 Å². The van der Waals surface area contributed by atoms with Crippen molar-refractivity contribution in [1.29, 1.82) is 0 Å². The number of hydrogen-bond acceptors (Lipinski definition) is 5. The van der Waals surface area contributed by atoms with Crippen molar-refractivity contribution in [3.8, 4) is 0 Å². The van der Waals surface area contributed by atoms with Gasteiger partial charge in [-0.2, -0.15) is 17.5 Å². The second kappa shape index (κ2) is 12.6. The summed E-state index contributed by atoms with van der Waals surface area (Å²) in [6, 6.07) is 15.1. The molecule has 0 N–H and O–H groups in total. The molecule has 1 aliphatic heterocycles. The average molecular weight is 580 g/mol. The average Bonchev–Trinajstić information content (AvgIpc) is 3.58. The first-order valence-electron chi connectivity index (χ1n) is 12.8. The predicted octanol–water partition coefficient (Wildman–Crippen LogP) is 5.39. The molecule has 0 radical (unpaired) electrons. The molecule has 1 amide bonds. The van der Waals surface area contributed by atoms with Gasteiger partial charge in [-0.15, -0.1) is 11.3 Å². The van der Waals surface area contributed by atoms with Gasteiger partial charge in [-0.3, -0.25) is 4.79 Å². The molecule has 1 aliphatic rings. The summed E-state index contributed by atoms with van der Waals surface area (Å²) >= 11 is 1.52. The second-order valence-electron chi connectivity index (χ2n) is 9.68. The van der Waals surface area contributed by atoms with E-state index in [0.29, 0.717) is 19.2 Å². The molecule has 1 aromatic heterocycles. The number of alkyl halides is 3. The first-order valence-corrected chi connectivity index (χ1v) is 15.1. The van der Waals surface area contributed by atoms with Gasteiger partial charge < -0.3 is 9.80 Å². The fourth-order valence-corrected chi connectivity index (χ4v) is 6.90. The maximum atomic E-state index is 13.7. The Kier molecular flexibility index (Phi) is 9.47. The summed E-state index contributed by atoms with van der Waals surface area (Å²) in [5.74, 6) is -0.413. The van der Waals surface area contributed by atoms with E-state index in [9.17, 15) is 26.4 Å². The van der Waals surface area contributed by atoms with Gasteiger partial charge >= 0.3 is 6.18 Å². The number of nitrogens with zero attached hydrogens (tertiary/aromatic N) is 3. The van der Waals surface area contributed by atoms with Crippen LogP contribution in [-0.2, 0) is 34.1 Å². The highest BCUT2D eigenvalue weighted by atomic mass is 32.2. The van der Waals surface area contributed by atoms with Gasteiger partial charge in [0.25, 0.3) is 0 Å². The summed E-state index contributed by atoms with van der Waals surface area (Å²) in [6.07, 6.45) is -2.68. The first-order chi connectivity index (χ1) is 18.5. The molecule has 0 unspecified atom stereocenters. The zero-order valence-corrected chi connectivity index (χ0v) is 23.4. The molecule has 39 heavy (non-hydrogen) atoms. The number of sulfonamides is 1. The van der Waals surface area contributed by atoms with Crippen LogP contribution in [0.3, 0.4) is 0 Å². The van der Waals surface area contributed by atoms with Gasteiger partial charge in [0.05, 0.1) is 23.5 Å². The third-order valence-electron chi connectivity index (χ3n) is 6.85. The molecule has 6 nitrogen and oxygen atoms in total. The van der Waals surface area contributed by atoms with Gasteiger partial charge in [0.1, 0.15) is 0 Å². The number of halogens is 3. The number of thiophene rings is 1. The van der Waals surface area contributed by atoms with Gasteiger partial charge in [-0.05, 0) is 73.6 Å². The Bertz CT molecular complexity index is 1350. The summed E-state index contributed by atoms with van der Waals surface area (Å²) in [6.45, 7) is 4.12. The summed E-state index contributed by atoms with van der Waals surface area (Å²) in [5.41, 5.74) is 0.881. The Morgan fingerprint density at radius 3 is 2.36 bits per heavy atom. The van der Waals surface area contributed by atoms with Gasteiger partial charge in [0, 0.05) is 24.5 Å². The van der Waals surface area contributed by atoms with Crippen LogP contribution < -0.4 is 0 Å². The highest BCUT2D eigenvalue weighted by Gasteiger charge is 2.34. The number of amides is 1. The van der Waals surface area contributed by atoms with Crippen molar-refractivity contribution < 1.29 is 26.4 Å². The Labute approximate surface area is 231 Å². The van der Waals surface area contributed by atoms with E-state index in [1.54, 1.807) is 4.90 Å². The fraction of sp³-hybridized carbons (Fsp3) is 0.393. The van der Waals surface area contributed by atoms with Crippen molar-refractivity contribution in [2.75, 3.05) is 32.7 Å². The van der Waals surface area contributed by atoms with Crippen LogP contribution in [0, 0.1) is 6.92 Å². The molecule has 1 fully saturated rings. The van der Waals surface area contributed by atoms with Crippen LogP contribution in [0.15, 0.2) is 70.9 Å².